The minimum Gasteiger partial charge on any atom is -0.480 e. The molecular weight excluding hydrogens is 306 g/mol. The Morgan fingerprint density at radius 3 is 1.88 bits per heavy atom. The van der Waals surface area contributed by atoms with Crippen LogP contribution >= 0.6 is 0 Å². The van der Waals surface area contributed by atoms with E-state index in [-0.39, 0.29) is 18.9 Å². The van der Waals surface area contributed by atoms with E-state index in [1.165, 1.54) is 44.9 Å². The summed E-state index contributed by atoms with van der Waals surface area (Å²) in [6.45, 7) is 3.00. The molecule has 0 unspecified atom stereocenters. The highest BCUT2D eigenvalue weighted by molar-refractivity contribution is 5.78. The number of unbranched alkanes of at least 4 members (excludes halogenated alkanes) is 8. The number of hydrogen-bond donors (Lipinski definition) is 2. The summed E-state index contributed by atoms with van der Waals surface area (Å²) in [7, 11) is 0. The van der Waals surface area contributed by atoms with Gasteiger partial charge in [0.1, 0.15) is 5.78 Å². The number of aliphatic hydroxyl groups is 1. The maximum Gasteiger partial charge on any atom is 0.317 e. The van der Waals surface area contributed by atoms with Crippen LogP contribution in [-0.4, -0.2) is 53.1 Å². The largest absolute Gasteiger partial charge is 0.480 e. The summed E-state index contributed by atoms with van der Waals surface area (Å²) in [6, 6.07) is 0. The van der Waals surface area contributed by atoms with E-state index in [1.54, 1.807) is 4.90 Å². The molecule has 0 saturated carbocycles. The monoisotopic (exact) mass is 343 g/mol. The average Bonchev–Trinajstić information content (AvgIpc) is 2.53. The molecule has 0 amide bonds. The van der Waals surface area contributed by atoms with Gasteiger partial charge in [0.25, 0.3) is 0 Å². The van der Waals surface area contributed by atoms with Gasteiger partial charge in [0.05, 0.1) is 13.2 Å². The SMILES string of the molecule is CCCCCCCCCCCC(=O)CCCN(CCO)CC(=O)O. The Bertz CT molecular complexity index is 320. The molecule has 0 bridgehead atoms. The molecule has 0 rings (SSSR count). The minimum atomic E-state index is -0.899. The van der Waals surface area contributed by atoms with Gasteiger partial charge in [0.2, 0.25) is 0 Å². The van der Waals surface area contributed by atoms with Crippen molar-refractivity contribution in [3.8, 4) is 0 Å². The Labute approximate surface area is 147 Å². The molecule has 5 heteroatoms. The fraction of sp³-hybridized carbons (Fsp3) is 0.895. The fourth-order valence-corrected chi connectivity index (χ4v) is 2.86. The third kappa shape index (κ3) is 15.9. The second kappa shape index (κ2) is 16.9. The molecule has 0 aliphatic carbocycles. The summed E-state index contributed by atoms with van der Waals surface area (Å²) in [5.74, 6) is -0.623. The van der Waals surface area contributed by atoms with Gasteiger partial charge < -0.3 is 10.2 Å². The van der Waals surface area contributed by atoms with Crippen molar-refractivity contribution in [3.63, 3.8) is 0 Å². The average molecular weight is 344 g/mol. The number of rotatable bonds is 18. The van der Waals surface area contributed by atoms with Crippen LogP contribution < -0.4 is 0 Å². The van der Waals surface area contributed by atoms with Crippen molar-refractivity contribution in [1.29, 1.82) is 0 Å². The van der Waals surface area contributed by atoms with E-state index in [9.17, 15) is 9.59 Å². The van der Waals surface area contributed by atoms with E-state index in [0.717, 1.165) is 12.8 Å². The number of aliphatic carboxylic acids is 1. The zero-order valence-corrected chi connectivity index (χ0v) is 15.5. The maximum atomic E-state index is 11.8. The van der Waals surface area contributed by atoms with Crippen LogP contribution in [0, 0.1) is 0 Å². The number of Topliss-reactive ketones (excluding diaryl/α,β-unsaturated/α-hetero) is 1. The first-order chi connectivity index (χ1) is 11.6. The first kappa shape index (κ1) is 23.1. The van der Waals surface area contributed by atoms with Crippen molar-refractivity contribution in [2.24, 2.45) is 0 Å². The Morgan fingerprint density at radius 2 is 1.33 bits per heavy atom. The zero-order valence-electron chi connectivity index (χ0n) is 15.5. The molecule has 0 spiro atoms. The molecule has 0 aliphatic heterocycles. The summed E-state index contributed by atoms with van der Waals surface area (Å²) in [4.78, 5) is 24.2. The number of carboxylic acids is 1. The topological polar surface area (TPSA) is 77.8 Å². The quantitative estimate of drug-likeness (QED) is 0.372. The Kier molecular flexibility index (Phi) is 16.2. The van der Waals surface area contributed by atoms with E-state index >= 15 is 0 Å². The number of carboxylic acid groups (broad SMARTS) is 1. The van der Waals surface area contributed by atoms with Gasteiger partial charge in [-0.05, 0) is 19.4 Å². The fourth-order valence-electron chi connectivity index (χ4n) is 2.86. The number of nitrogens with zero attached hydrogens (tertiary/aromatic N) is 1. The summed E-state index contributed by atoms with van der Waals surface area (Å²) < 4.78 is 0. The molecule has 0 heterocycles. The normalized spacial score (nSPS) is 11.1. The zero-order chi connectivity index (χ0) is 18.0. The van der Waals surface area contributed by atoms with Gasteiger partial charge in [0.15, 0.2) is 0 Å². The van der Waals surface area contributed by atoms with E-state index in [0.29, 0.717) is 32.4 Å². The van der Waals surface area contributed by atoms with Crippen LogP contribution in [-0.2, 0) is 9.59 Å². The molecule has 0 fully saturated rings. The highest BCUT2D eigenvalue weighted by Gasteiger charge is 2.10. The number of ketones is 1. The van der Waals surface area contributed by atoms with Crippen LogP contribution in [0.25, 0.3) is 0 Å². The standard InChI is InChI=1S/C19H37NO4/c1-2-3-4-5-6-7-8-9-10-12-18(22)13-11-14-20(15-16-21)17-19(23)24/h21H,2-17H2,1H3,(H,23,24). The van der Waals surface area contributed by atoms with Gasteiger partial charge in [-0.3, -0.25) is 14.5 Å². The van der Waals surface area contributed by atoms with E-state index < -0.39 is 5.97 Å². The summed E-state index contributed by atoms with van der Waals surface area (Å²) in [5, 5.41) is 17.7. The van der Waals surface area contributed by atoms with E-state index in [4.69, 9.17) is 10.2 Å². The van der Waals surface area contributed by atoms with Crippen molar-refractivity contribution >= 4 is 11.8 Å². The molecule has 5 nitrogen and oxygen atoms in total. The third-order valence-electron chi connectivity index (χ3n) is 4.26. The highest BCUT2D eigenvalue weighted by Crippen LogP contribution is 2.11. The van der Waals surface area contributed by atoms with Crippen LogP contribution in [0.15, 0.2) is 0 Å². The lowest BCUT2D eigenvalue weighted by molar-refractivity contribution is -0.138. The molecular formula is C19H37NO4. The lowest BCUT2D eigenvalue weighted by Gasteiger charge is -2.18. The minimum absolute atomic E-state index is 0.0559. The second-order valence-electron chi connectivity index (χ2n) is 6.61. The van der Waals surface area contributed by atoms with Crippen LogP contribution in [0.1, 0.15) is 84.0 Å². The molecule has 0 saturated heterocycles. The number of hydrogen-bond acceptors (Lipinski definition) is 4. The van der Waals surface area contributed by atoms with Crippen molar-refractivity contribution in [2.45, 2.75) is 84.0 Å². The third-order valence-corrected chi connectivity index (χ3v) is 4.26. The van der Waals surface area contributed by atoms with Crippen LogP contribution in [0.3, 0.4) is 0 Å². The molecule has 2 N–H and O–H groups in total. The molecule has 142 valence electrons. The second-order valence-corrected chi connectivity index (χ2v) is 6.61. The maximum absolute atomic E-state index is 11.8. The molecule has 0 atom stereocenters. The Morgan fingerprint density at radius 1 is 0.792 bits per heavy atom. The van der Waals surface area contributed by atoms with Gasteiger partial charge in [-0.1, -0.05) is 58.3 Å². The van der Waals surface area contributed by atoms with Crippen LogP contribution in [0.4, 0.5) is 0 Å². The smallest absolute Gasteiger partial charge is 0.317 e. The Balaban J connectivity index is 3.50. The lowest BCUT2D eigenvalue weighted by Crippen LogP contribution is -2.33. The predicted octanol–water partition coefficient (Wildman–Crippen LogP) is 3.64. The Hall–Kier alpha value is -0.940. The molecule has 0 radical (unpaired) electrons. The molecule has 0 aromatic rings. The van der Waals surface area contributed by atoms with Crippen molar-refractivity contribution in [3.05, 3.63) is 0 Å². The van der Waals surface area contributed by atoms with Crippen molar-refractivity contribution < 1.29 is 19.8 Å². The van der Waals surface area contributed by atoms with E-state index in [2.05, 4.69) is 6.92 Å². The van der Waals surface area contributed by atoms with Crippen LogP contribution in [0.5, 0.6) is 0 Å². The molecule has 24 heavy (non-hydrogen) atoms. The molecule has 0 aromatic heterocycles. The predicted molar refractivity (Wildman–Crippen MR) is 97.2 cm³/mol. The first-order valence-electron chi connectivity index (χ1n) is 9.66. The number of aliphatic hydroxyl groups excluding tert-OH is 1. The van der Waals surface area contributed by atoms with Gasteiger partial charge >= 0.3 is 5.97 Å². The van der Waals surface area contributed by atoms with Crippen molar-refractivity contribution in [2.75, 3.05) is 26.2 Å². The number of carbonyl (C=O) groups excluding carboxylic acids is 1. The summed E-state index contributed by atoms with van der Waals surface area (Å²) in [6.07, 6.45) is 13.1. The highest BCUT2D eigenvalue weighted by atomic mass is 16.4. The van der Waals surface area contributed by atoms with Gasteiger partial charge in [-0.2, -0.15) is 0 Å². The van der Waals surface area contributed by atoms with E-state index in [1.807, 2.05) is 0 Å². The van der Waals surface area contributed by atoms with Gasteiger partial charge in [-0.25, -0.2) is 0 Å². The molecule has 0 aliphatic rings. The lowest BCUT2D eigenvalue weighted by atomic mass is 10.0. The summed E-state index contributed by atoms with van der Waals surface area (Å²) in [5.41, 5.74) is 0. The van der Waals surface area contributed by atoms with Gasteiger partial charge in [-0.15, -0.1) is 0 Å². The number of carbonyl (C=O) groups is 2. The van der Waals surface area contributed by atoms with Gasteiger partial charge in [0, 0.05) is 19.4 Å². The van der Waals surface area contributed by atoms with Crippen LogP contribution in [0.2, 0.25) is 0 Å². The van der Waals surface area contributed by atoms with Crippen molar-refractivity contribution in [1.82, 2.24) is 4.90 Å². The summed E-state index contributed by atoms with van der Waals surface area (Å²) >= 11 is 0. The first-order valence-corrected chi connectivity index (χ1v) is 9.66. The molecule has 0 aromatic carbocycles.